The van der Waals surface area contributed by atoms with Crippen molar-refractivity contribution in [1.29, 1.82) is 0 Å². The van der Waals surface area contributed by atoms with Crippen LogP contribution in [0.1, 0.15) is 25.8 Å². The van der Waals surface area contributed by atoms with Gasteiger partial charge in [0, 0.05) is 12.6 Å². The van der Waals surface area contributed by atoms with Gasteiger partial charge in [-0.15, -0.1) is 0 Å². The molecule has 0 aliphatic heterocycles. The van der Waals surface area contributed by atoms with Crippen molar-refractivity contribution in [3.8, 4) is 5.75 Å². The van der Waals surface area contributed by atoms with Crippen molar-refractivity contribution in [2.45, 2.75) is 26.4 Å². The predicted molar refractivity (Wildman–Crippen MR) is 80.5 cm³/mol. The minimum atomic E-state index is -0.339. The van der Waals surface area contributed by atoms with Gasteiger partial charge in [0.05, 0.1) is 13.2 Å². The van der Waals surface area contributed by atoms with Crippen molar-refractivity contribution >= 4 is 12.0 Å². The van der Waals surface area contributed by atoms with Gasteiger partial charge in [-0.05, 0) is 43.0 Å². The molecule has 0 heterocycles. The van der Waals surface area contributed by atoms with Gasteiger partial charge in [-0.25, -0.2) is 0 Å². The molecule has 2 atom stereocenters. The number of methoxy groups -OCH3 is 1. The van der Waals surface area contributed by atoms with E-state index in [1.807, 2.05) is 31.2 Å². The fraction of sp³-hybridized carbons (Fsp3) is 0.438. The summed E-state index contributed by atoms with van der Waals surface area (Å²) in [6.07, 6.45) is 3.59. The average Bonchev–Trinajstić information content (AvgIpc) is 2.42. The van der Waals surface area contributed by atoms with E-state index in [0.717, 1.165) is 11.3 Å². The molecule has 2 N–H and O–H groups in total. The first kappa shape index (κ1) is 16.2. The van der Waals surface area contributed by atoms with Crippen LogP contribution in [0.4, 0.5) is 0 Å². The zero-order valence-electron chi connectivity index (χ0n) is 12.3. The standard InChI is InChI=1S/C16H23NO3/c1-12(9-13(2)18)11-17-16(19)8-7-14-5-4-6-15(10-14)20-3/h4-8,10,12-13,18H,9,11H2,1-3H3,(H,17,19). The van der Waals surface area contributed by atoms with Crippen molar-refractivity contribution in [2.75, 3.05) is 13.7 Å². The molecular weight excluding hydrogens is 254 g/mol. The third-order valence-corrected chi connectivity index (χ3v) is 2.89. The third-order valence-electron chi connectivity index (χ3n) is 2.89. The first-order chi connectivity index (χ1) is 9.51. The van der Waals surface area contributed by atoms with Crippen molar-refractivity contribution in [1.82, 2.24) is 5.32 Å². The third kappa shape index (κ3) is 6.38. The Balaban J connectivity index is 2.43. The summed E-state index contributed by atoms with van der Waals surface area (Å²) < 4.78 is 5.12. The zero-order chi connectivity index (χ0) is 15.0. The minimum absolute atomic E-state index is 0.134. The van der Waals surface area contributed by atoms with E-state index in [0.29, 0.717) is 13.0 Å². The van der Waals surface area contributed by atoms with Gasteiger partial charge < -0.3 is 15.2 Å². The van der Waals surface area contributed by atoms with Gasteiger partial charge in [-0.1, -0.05) is 19.1 Å². The molecular formula is C16H23NO3. The van der Waals surface area contributed by atoms with Crippen LogP contribution in [0.25, 0.3) is 6.08 Å². The van der Waals surface area contributed by atoms with Gasteiger partial charge in [-0.2, -0.15) is 0 Å². The lowest BCUT2D eigenvalue weighted by molar-refractivity contribution is -0.116. The first-order valence-corrected chi connectivity index (χ1v) is 6.79. The maximum absolute atomic E-state index is 11.7. The lowest BCUT2D eigenvalue weighted by atomic mass is 10.0. The Morgan fingerprint density at radius 1 is 1.45 bits per heavy atom. The first-order valence-electron chi connectivity index (χ1n) is 6.79. The van der Waals surface area contributed by atoms with Gasteiger partial charge in [0.25, 0.3) is 0 Å². The van der Waals surface area contributed by atoms with Crippen molar-refractivity contribution in [3.05, 3.63) is 35.9 Å². The minimum Gasteiger partial charge on any atom is -0.497 e. The van der Waals surface area contributed by atoms with Gasteiger partial charge in [0.1, 0.15) is 5.75 Å². The van der Waals surface area contributed by atoms with E-state index in [2.05, 4.69) is 5.32 Å². The van der Waals surface area contributed by atoms with Crippen LogP contribution in [0, 0.1) is 5.92 Å². The summed E-state index contributed by atoms with van der Waals surface area (Å²) in [4.78, 5) is 11.7. The summed E-state index contributed by atoms with van der Waals surface area (Å²) in [5.41, 5.74) is 0.913. The van der Waals surface area contributed by atoms with E-state index in [-0.39, 0.29) is 17.9 Å². The number of aliphatic hydroxyl groups excluding tert-OH is 1. The maximum atomic E-state index is 11.7. The highest BCUT2D eigenvalue weighted by Crippen LogP contribution is 2.13. The molecule has 110 valence electrons. The zero-order valence-corrected chi connectivity index (χ0v) is 12.3. The molecule has 1 aromatic rings. The number of rotatable bonds is 7. The Bertz CT molecular complexity index is 455. The maximum Gasteiger partial charge on any atom is 0.244 e. The molecule has 0 radical (unpaired) electrons. The highest BCUT2D eigenvalue weighted by atomic mass is 16.5. The molecule has 1 rings (SSSR count). The number of hydrogen-bond acceptors (Lipinski definition) is 3. The second kappa shape index (κ2) is 8.38. The van der Waals surface area contributed by atoms with Crippen LogP contribution in [0.15, 0.2) is 30.3 Å². The second-order valence-electron chi connectivity index (χ2n) is 5.04. The van der Waals surface area contributed by atoms with E-state index >= 15 is 0 Å². The number of ether oxygens (including phenoxy) is 1. The normalized spacial score (nSPS) is 14.0. The van der Waals surface area contributed by atoms with E-state index in [4.69, 9.17) is 4.74 Å². The molecule has 2 unspecified atom stereocenters. The molecule has 4 heteroatoms. The Morgan fingerprint density at radius 3 is 2.85 bits per heavy atom. The number of carbonyl (C=O) groups is 1. The number of carbonyl (C=O) groups excluding carboxylic acids is 1. The highest BCUT2D eigenvalue weighted by Gasteiger charge is 2.06. The summed E-state index contributed by atoms with van der Waals surface area (Å²) in [5, 5.41) is 12.1. The molecule has 0 saturated carbocycles. The van der Waals surface area contributed by atoms with E-state index in [9.17, 15) is 9.90 Å². The molecule has 1 amide bonds. The molecule has 0 aliphatic rings. The van der Waals surface area contributed by atoms with E-state index in [1.54, 1.807) is 20.1 Å². The van der Waals surface area contributed by atoms with Crippen LogP contribution in [0.3, 0.4) is 0 Å². The summed E-state index contributed by atoms with van der Waals surface area (Å²) in [5.74, 6) is 0.882. The molecule has 0 aliphatic carbocycles. The van der Waals surface area contributed by atoms with Crippen molar-refractivity contribution in [2.24, 2.45) is 5.92 Å². The molecule has 20 heavy (non-hydrogen) atoms. The number of nitrogens with one attached hydrogen (secondary N) is 1. The number of aliphatic hydroxyl groups is 1. The van der Waals surface area contributed by atoms with Crippen molar-refractivity contribution < 1.29 is 14.6 Å². The topological polar surface area (TPSA) is 58.6 Å². The monoisotopic (exact) mass is 277 g/mol. The van der Waals surface area contributed by atoms with Crippen LogP contribution >= 0.6 is 0 Å². The Kier molecular flexibility index (Phi) is 6.81. The van der Waals surface area contributed by atoms with Crippen LogP contribution in [0.2, 0.25) is 0 Å². The SMILES string of the molecule is COc1cccc(C=CC(=O)NCC(C)CC(C)O)c1. The summed E-state index contributed by atoms with van der Waals surface area (Å²) >= 11 is 0. The van der Waals surface area contributed by atoms with Gasteiger partial charge in [0.15, 0.2) is 0 Å². The molecule has 1 aromatic carbocycles. The fourth-order valence-corrected chi connectivity index (χ4v) is 1.92. The van der Waals surface area contributed by atoms with Crippen LogP contribution in [-0.2, 0) is 4.79 Å². The quantitative estimate of drug-likeness (QED) is 0.751. The molecule has 0 bridgehead atoms. The lowest BCUT2D eigenvalue weighted by Gasteiger charge is -2.13. The molecule has 0 saturated heterocycles. The number of hydrogen-bond donors (Lipinski definition) is 2. The molecule has 0 fully saturated rings. The van der Waals surface area contributed by atoms with Crippen LogP contribution in [0.5, 0.6) is 5.75 Å². The summed E-state index contributed by atoms with van der Waals surface area (Å²) in [6.45, 7) is 4.31. The van der Waals surface area contributed by atoms with Gasteiger partial charge in [0.2, 0.25) is 5.91 Å². The van der Waals surface area contributed by atoms with Crippen molar-refractivity contribution in [3.63, 3.8) is 0 Å². The van der Waals surface area contributed by atoms with Crippen LogP contribution in [-0.4, -0.2) is 30.8 Å². The molecule has 0 spiro atoms. The fourth-order valence-electron chi connectivity index (χ4n) is 1.92. The smallest absolute Gasteiger partial charge is 0.244 e. The van der Waals surface area contributed by atoms with Crippen LogP contribution < -0.4 is 10.1 Å². The number of benzene rings is 1. The molecule has 0 aromatic heterocycles. The Morgan fingerprint density at radius 2 is 2.20 bits per heavy atom. The number of amides is 1. The highest BCUT2D eigenvalue weighted by molar-refractivity contribution is 5.91. The summed E-state index contributed by atoms with van der Waals surface area (Å²) in [7, 11) is 1.61. The molecule has 4 nitrogen and oxygen atoms in total. The Labute approximate surface area is 120 Å². The Hall–Kier alpha value is -1.81. The van der Waals surface area contributed by atoms with Gasteiger partial charge >= 0.3 is 0 Å². The second-order valence-corrected chi connectivity index (χ2v) is 5.04. The van der Waals surface area contributed by atoms with E-state index < -0.39 is 0 Å². The average molecular weight is 277 g/mol. The summed E-state index contributed by atoms with van der Waals surface area (Å²) in [6, 6.07) is 7.50. The lowest BCUT2D eigenvalue weighted by Crippen LogP contribution is -2.27. The predicted octanol–water partition coefficient (Wildman–Crippen LogP) is 2.23. The van der Waals surface area contributed by atoms with Gasteiger partial charge in [-0.3, -0.25) is 4.79 Å². The largest absolute Gasteiger partial charge is 0.497 e. The van der Waals surface area contributed by atoms with E-state index in [1.165, 1.54) is 6.08 Å².